The van der Waals surface area contributed by atoms with Crippen molar-refractivity contribution in [3.8, 4) is 5.75 Å². The van der Waals surface area contributed by atoms with Gasteiger partial charge in [-0.25, -0.2) is 13.8 Å². The number of alkyl halides is 2. The minimum Gasteiger partial charge on any atom is -0.490 e. The Bertz CT molecular complexity index is 589. The first-order valence-electron chi connectivity index (χ1n) is 6.92. The lowest BCUT2D eigenvalue weighted by atomic mass is 9.98. The predicted molar refractivity (Wildman–Crippen MR) is 78.5 cm³/mol. The maximum absolute atomic E-state index is 13.5. The van der Waals surface area contributed by atoms with Crippen LogP contribution in [0.5, 0.6) is 5.75 Å². The summed E-state index contributed by atoms with van der Waals surface area (Å²) >= 11 is 0. The van der Waals surface area contributed by atoms with E-state index in [1.807, 2.05) is 42.3 Å². The van der Waals surface area contributed by atoms with Gasteiger partial charge in [0.2, 0.25) is 0 Å². The molecule has 1 aromatic rings. The Morgan fingerprint density at radius 2 is 1.95 bits per heavy atom. The van der Waals surface area contributed by atoms with E-state index >= 15 is 0 Å². The van der Waals surface area contributed by atoms with Crippen molar-refractivity contribution in [2.24, 2.45) is 0 Å². The van der Waals surface area contributed by atoms with Gasteiger partial charge in [0.1, 0.15) is 12.4 Å². The van der Waals surface area contributed by atoms with E-state index in [4.69, 9.17) is 4.74 Å². The van der Waals surface area contributed by atoms with Crippen LogP contribution in [-0.2, 0) is 0 Å². The summed E-state index contributed by atoms with van der Waals surface area (Å²) in [7, 11) is 5.72. The lowest BCUT2D eigenvalue weighted by Gasteiger charge is -2.29. The van der Waals surface area contributed by atoms with E-state index in [1.54, 1.807) is 12.1 Å². The van der Waals surface area contributed by atoms with E-state index in [1.165, 1.54) is 0 Å². The lowest BCUT2D eigenvalue weighted by Crippen LogP contribution is -2.29. The molecule has 0 atom stereocenters. The average molecular weight is 295 g/mol. The molecule has 0 spiro atoms. The van der Waals surface area contributed by atoms with Gasteiger partial charge in [0.25, 0.3) is 6.43 Å². The fourth-order valence-corrected chi connectivity index (χ4v) is 2.75. The minimum absolute atomic E-state index is 0.0704. The van der Waals surface area contributed by atoms with Crippen LogP contribution in [0.3, 0.4) is 0 Å². The first kappa shape index (κ1) is 14.1. The first-order valence-corrected chi connectivity index (χ1v) is 6.92. The predicted octanol–water partition coefficient (Wildman–Crippen LogP) is 2.59. The summed E-state index contributed by atoms with van der Waals surface area (Å²) in [4.78, 5) is 1.95. The zero-order valence-electron chi connectivity index (χ0n) is 12.4. The van der Waals surface area contributed by atoms with Gasteiger partial charge >= 0.3 is 0 Å². The third-order valence-corrected chi connectivity index (χ3v) is 4.09. The maximum Gasteiger partial charge on any atom is 0.264 e. The monoisotopic (exact) mass is 295 g/mol. The SMILES string of the molecule is CN1CCOc2cc(C3=CN(C)N(C)C3)c(C(F)F)cc21. The zero-order valence-corrected chi connectivity index (χ0v) is 12.4. The molecule has 0 fully saturated rings. The second-order valence-electron chi connectivity index (χ2n) is 5.52. The van der Waals surface area contributed by atoms with Crippen molar-refractivity contribution < 1.29 is 13.5 Å². The molecule has 2 aliphatic heterocycles. The first-order chi connectivity index (χ1) is 9.97. The molecule has 0 saturated carbocycles. The van der Waals surface area contributed by atoms with Crippen LogP contribution in [0.4, 0.5) is 14.5 Å². The van der Waals surface area contributed by atoms with E-state index in [9.17, 15) is 8.78 Å². The van der Waals surface area contributed by atoms with Crippen molar-refractivity contribution in [3.05, 3.63) is 29.5 Å². The highest BCUT2D eigenvalue weighted by Crippen LogP contribution is 2.40. The molecule has 6 heteroatoms. The number of nitrogens with zero attached hydrogens (tertiary/aromatic N) is 3. The topological polar surface area (TPSA) is 19.0 Å². The number of halogens is 2. The summed E-state index contributed by atoms with van der Waals surface area (Å²) in [5.74, 6) is 0.682. The number of hydrogen-bond donors (Lipinski definition) is 0. The third kappa shape index (κ3) is 2.44. The van der Waals surface area contributed by atoms with Crippen LogP contribution >= 0.6 is 0 Å². The second kappa shape index (κ2) is 5.18. The van der Waals surface area contributed by atoms with Crippen molar-refractivity contribution >= 4 is 11.3 Å². The van der Waals surface area contributed by atoms with Gasteiger partial charge in [-0.05, 0) is 23.3 Å². The maximum atomic E-state index is 13.5. The molecule has 0 saturated heterocycles. The molecule has 114 valence electrons. The summed E-state index contributed by atoms with van der Waals surface area (Å²) in [6, 6.07) is 3.32. The average Bonchev–Trinajstić information content (AvgIpc) is 2.77. The number of anilines is 1. The molecule has 0 aliphatic carbocycles. The molecule has 1 aromatic carbocycles. The molecule has 4 nitrogen and oxygen atoms in total. The van der Waals surface area contributed by atoms with E-state index in [2.05, 4.69) is 0 Å². The fourth-order valence-electron chi connectivity index (χ4n) is 2.75. The molecule has 3 rings (SSSR count). The van der Waals surface area contributed by atoms with E-state index in [-0.39, 0.29) is 5.56 Å². The summed E-state index contributed by atoms with van der Waals surface area (Å²) in [6.07, 6.45) is -0.613. The van der Waals surface area contributed by atoms with E-state index < -0.39 is 6.43 Å². The Labute approximate surface area is 123 Å². The number of benzene rings is 1. The Morgan fingerprint density at radius 3 is 2.57 bits per heavy atom. The number of rotatable bonds is 2. The summed E-state index contributed by atoms with van der Waals surface area (Å²) in [5, 5.41) is 3.87. The summed E-state index contributed by atoms with van der Waals surface area (Å²) < 4.78 is 32.6. The number of hydrogen-bond acceptors (Lipinski definition) is 4. The van der Waals surface area contributed by atoms with Crippen molar-refractivity contribution in [1.82, 2.24) is 10.0 Å². The molecule has 0 unspecified atom stereocenters. The Kier molecular flexibility index (Phi) is 3.49. The smallest absolute Gasteiger partial charge is 0.264 e. The van der Waals surface area contributed by atoms with Crippen molar-refractivity contribution in [2.45, 2.75) is 6.43 Å². The van der Waals surface area contributed by atoms with Crippen LogP contribution in [0, 0.1) is 0 Å². The van der Waals surface area contributed by atoms with Gasteiger partial charge in [0.05, 0.1) is 12.2 Å². The second-order valence-corrected chi connectivity index (χ2v) is 5.52. The highest BCUT2D eigenvalue weighted by atomic mass is 19.3. The van der Waals surface area contributed by atoms with Crippen LogP contribution in [0.25, 0.3) is 5.57 Å². The normalized spacial score (nSPS) is 18.9. The molecular weight excluding hydrogens is 276 g/mol. The van der Waals surface area contributed by atoms with Gasteiger partial charge in [-0.3, -0.25) is 0 Å². The van der Waals surface area contributed by atoms with Gasteiger partial charge < -0.3 is 14.6 Å². The Hall–Kier alpha value is -1.82. The highest BCUT2D eigenvalue weighted by molar-refractivity contribution is 5.76. The molecule has 2 aliphatic rings. The molecule has 0 aromatic heterocycles. The lowest BCUT2D eigenvalue weighted by molar-refractivity contribution is 0.118. The van der Waals surface area contributed by atoms with Gasteiger partial charge in [0, 0.05) is 39.5 Å². The molecule has 2 heterocycles. The number of hydrazine groups is 1. The van der Waals surface area contributed by atoms with Gasteiger partial charge in [-0.2, -0.15) is 0 Å². The molecule has 21 heavy (non-hydrogen) atoms. The Morgan fingerprint density at radius 1 is 1.19 bits per heavy atom. The van der Waals surface area contributed by atoms with Crippen LogP contribution < -0.4 is 9.64 Å². The zero-order chi connectivity index (χ0) is 15.1. The fraction of sp³-hybridized carbons (Fsp3) is 0.467. The quantitative estimate of drug-likeness (QED) is 0.834. The van der Waals surface area contributed by atoms with E-state index in [0.717, 1.165) is 11.3 Å². The molecule has 0 bridgehead atoms. The van der Waals surface area contributed by atoms with Gasteiger partial charge in [-0.1, -0.05) is 0 Å². The van der Waals surface area contributed by atoms with Crippen LogP contribution in [-0.4, -0.2) is 50.9 Å². The number of ether oxygens (including phenoxy) is 1. The standard InChI is InChI=1S/C15H19F2N3O/c1-18-4-5-21-14-7-11(10-8-19(2)20(3)9-10)12(15(16)17)6-13(14)18/h6-8,15H,4-5,9H2,1-3H3. The minimum atomic E-state index is -2.50. The molecule has 0 amide bonds. The van der Waals surface area contributed by atoms with Crippen LogP contribution in [0.1, 0.15) is 17.6 Å². The molecular formula is C15H19F2N3O. The summed E-state index contributed by atoms with van der Waals surface area (Å²) in [6.45, 7) is 1.91. The van der Waals surface area contributed by atoms with E-state index in [0.29, 0.717) is 31.0 Å². The van der Waals surface area contributed by atoms with Crippen molar-refractivity contribution in [1.29, 1.82) is 0 Å². The van der Waals surface area contributed by atoms with Gasteiger partial charge in [-0.15, -0.1) is 0 Å². The molecule has 0 radical (unpaired) electrons. The van der Waals surface area contributed by atoms with Crippen LogP contribution in [0.2, 0.25) is 0 Å². The van der Waals surface area contributed by atoms with Crippen molar-refractivity contribution in [3.63, 3.8) is 0 Å². The summed E-state index contributed by atoms with van der Waals surface area (Å²) in [5.41, 5.74) is 2.27. The third-order valence-electron chi connectivity index (χ3n) is 4.09. The number of likely N-dealkylation sites (N-methyl/N-ethyl adjacent to an activating group) is 2. The number of fused-ring (bicyclic) bond motifs is 1. The van der Waals surface area contributed by atoms with Gasteiger partial charge in [0.15, 0.2) is 0 Å². The molecule has 0 N–H and O–H groups in total. The largest absolute Gasteiger partial charge is 0.490 e. The highest BCUT2D eigenvalue weighted by Gasteiger charge is 2.26. The van der Waals surface area contributed by atoms with Crippen LogP contribution in [0.15, 0.2) is 18.3 Å². The Balaban J connectivity index is 2.09. The van der Waals surface area contributed by atoms with Crippen molar-refractivity contribution in [2.75, 3.05) is 45.7 Å².